The Kier molecular flexibility index (Phi) is 6.25. The van der Waals surface area contributed by atoms with Gasteiger partial charge in [-0.15, -0.1) is 0 Å². The molecule has 150 valence electrons. The smallest absolute Gasteiger partial charge is 0.241 e. The molecule has 3 aromatic rings. The van der Waals surface area contributed by atoms with Gasteiger partial charge in [-0.2, -0.15) is 0 Å². The first-order valence-corrected chi connectivity index (χ1v) is 10.7. The summed E-state index contributed by atoms with van der Waals surface area (Å²) in [6.07, 6.45) is 0. The van der Waals surface area contributed by atoms with Gasteiger partial charge in [-0.25, -0.2) is 17.5 Å². The van der Waals surface area contributed by atoms with Crippen molar-refractivity contribution >= 4 is 15.8 Å². The van der Waals surface area contributed by atoms with Crippen LogP contribution in [0.1, 0.15) is 34.5 Å². The molecule has 0 fully saturated rings. The van der Waals surface area contributed by atoms with Crippen LogP contribution in [0.4, 0.5) is 4.39 Å². The number of carbonyl (C=O) groups is 1. The molecule has 3 rings (SSSR count). The summed E-state index contributed by atoms with van der Waals surface area (Å²) < 4.78 is 41.8. The van der Waals surface area contributed by atoms with Crippen LogP contribution in [0.5, 0.6) is 0 Å². The summed E-state index contributed by atoms with van der Waals surface area (Å²) >= 11 is 0. The SMILES string of the molecule is Cc1ccc(S(=O)(=O)NC(c2ccccc2)C(C)C(=O)c2ccc(F)cc2)cc1. The monoisotopic (exact) mass is 411 g/mol. The topological polar surface area (TPSA) is 63.2 Å². The van der Waals surface area contributed by atoms with Crippen LogP contribution < -0.4 is 4.72 Å². The largest absolute Gasteiger partial charge is 0.294 e. The van der Waals surface area contributed by atoms with Gasteiger partial charge in [0.2, 0.25) is 10.0 Å². The molecule has 1 N–H and O–H groups in total. The lowest BCUT2D eigenvalue weighted by Crippen LogP contribution is -2.35. The highest BCUT2D eigenvalue weighted by molar-refractivity contribution is 7.89. The van der Waals surface area contributed by atoms with Gasteiger partial charge in [-0.3, -0.25) is 4.79 Å². The molecule has 2 unspecified atom stereocenters. The van der Waals surface area contributed by atoms with Gasteiger partial charge in [-0.1, -0.05) is 55.0 Å². The fourth-order valence-corrected chi connectivity index (χ4v) is 4.41. The molecule has 0 aliphatic carbocycles. The Bertz CT molecular complexity index is 1080. The van der Waals surface area contributed by atoms with Gasteiger partial charge >= 0.3 is 0 Å². The fourth-order valence-electron chi connectivity index (χ4n) is 3.10. The van der Waals surface area contributed by atoms with Crippen LogP contribution in [-0.2, 0) is 10.0 Å². The highest BCUT2D eigenvalue weighted by Gasteiger charge is 2.30. The van der Waals surface area contributed by atoms with Crippen molar-refractivity contribution < 1.29 is 17.6 Å². The van der Waals surface area contributed by atoms with Gasteiger partial charge in [0.25, 0.3) is 0 Å². The van der Waals surface area contributed by atoms with E-state index in [9.17, 15) is 17.6 Å². The maximum atomic E-state index is 13.2. The van der Waals surface area contributed by atoms with E-state index < -0.39 is 27.8 Å². The zero-order valence-corrected chi connectivity index (χ0v) is 17.0. The summed E-state index contributed by atoms with van der Waals surface area (Å²) in [7, 11) is -3.85. The maximum Gasteiger partial charge on any atom is 0.241 e. The lowest BCUT2D eigenvalue weighted by molar-refractivity contribution is 0.0908. The number of rotatable bonds is 7. The number of sulfonamides is 1. The number of hydrogen-bond donors (Lipinski definition) is 1. The van der Waals surface area contributed by atoms with Gasteiger partial charge in [-0.05, 0) is 48.9 Å². The van der Waals surface area contributed by atoms with Crippen LogP contribution in [0.25, 0.3) is 0 Å². The van der Waals surface area contributed by atoms with Crippen molar-refractivity contribution in [3.63, 3.8) is 0 Å². The van der Waals surface area contributed by atoms with Crippen molar-refractivity contribution in [3.05, 3.63) is 101 Å². The van der Waals surface area contributed by atoms with Gasteiger partial charge in [0, 0.05) is 11.5 Å². The van der Waals surface area contributed by atoms with E-state index in [-0.39, 0.29) is 10.7 Å². The Morgan fingerprint density at radius 1 is 0.897 bits per heavy atom. The van der Waals surface area contributed by atoms with Crippen LogP contribution in [0.2, 0.25) is 0 Å². The maximum absolute atomic E-state index is 13.2. The number of hydrogen-bond acceptors (Lipinski definition) is 3. The molecule has 0 spiro atoms. The molecular formula is C23H22FNO3S. The number of ketones is 1. The number of halogens is 1. The van der Waals surface area contributed by atoms with Gasteiger partial charge in [0.1, 0.15) is 5.82 Å². The lowest BCUT2D eigenvalue weighted by atomic mass is 9.89. The van der Waals surface area contributed by atoms with Gasteiger partial charge < -0.3 is 0 Å². The average molecular weight is 411 g/mol. The minimum absolute atomic E-state index is 0.130. The second kappa shape index (κ2) is 8.68. The van der Waals surface area contributed by atoms with E-state index in [0.29, 0.717) is 11.1 Å². The molecule has 0 aromatic heterocycles. The number of aryl methyl sites for hydroxylation is 1. The van der Waals surface area contributed by atoms with E-state index in [1.54, 1.807) is 43.3 Å². The minimum atomic E-state index is -3.85. The average Bonchev–Trinajstić information content (AvgIpc) is 2.72. The predicted octanol–water partition coefficient (Wildman–Crippen LogP) is 4.67. The van der Waals surface area contributed by atoms with E-state index in [2.05, 4.69) is 4.72 Å². The first-order valence-electron chi connectivity index (χ1n) is 9.21. The Labute approximate surface area is 170 Å². The lowest BCUT2D eigenvalue weighted by Gasteiger charge is -2.25. The summed E-state index contributed by atoms with van der Waals surface area (Å²) in [4.78, 5) is 13.1. The first-order chi connectivity index (χ1) is 13.8. The third-order valence-corrected chi connectivity index (χ3v) is 6.27. The standard InChI is InChI=1S/C23H22FNO3S/c1-16-8-14-21(15-9-16)29(27,28)25-22(18-6-4-3-5-7-18)17(2)23(26)19-10-12-20(24)13-11-19/h3-15,17,22,25H,1-2H3. The van der Waals surface area contributed by atoms with Crippen LogP contribution in [0.3, 0.4) is 0 Å². The van der Waals surface area contributed by atoms with Crippen LogP contribution in [-0.4, -0.2) is 14.2 Å². The summed E-state index contributed by atoms with van der Waals surface area (Å²) in [6.45, 7) is 3.54. The second-order valence-corrected chi connectivity index (χ2v) is 8.70. The zero-order chi connectivity index (χ0) is 21.0. The summed E-state index contributed by atoms with van der Waals surface area (Å²) in [5, 5.41) is 0. The van der Waals surface area contributed by atoms with Crippen LogP contribution >= 0.6 is 0 Å². The highest BCUT2D eigenvalue weighted by atomic mass is 32.2. The third-order valence-electron chi connectivity index (χ3n) is 4.81. The molecule has 0 saturated heterocycles. The van der Waals surface area contributed by atoms with E-state index in [4.69, 9.17) is 0 Å². The molecule has 6 heteroatoms. The predicted molar refractivity (Wildman–Crippen MR) is 111 cm³/mol. The van der Waals surface area contributed by atoms with E-state index in [0.717, 1.165) is 5.56 Å². The molecule has 4 nitrogen and oxygen atoms in total. The zero-order valence-electron chi connectivity index (χ0n) is 16.2. The Balaban J connectivity index is 1.95. The molecule has 0 aliphatic rings. The molecule has 0 heterocycles. The summed E-state index contributed by atoms with van der Waals surface area (Å²) in [5.74, 6) is -1.41. The fraction of sp³-hybridized carbons (Fsp3) is 0.174. The second-order valence-electron chi connectivity index (χ2n) is 6.98. The number of nitrogens with one attached hydrogen (secondary N) is 1. The summed E-state index contributed by atoms with van der Waals surface area (Å²) in [5.41, 5.74) is 1.95. The van der Waals surface area contributed by atoms with Crippen molar-refractivity contribution in [1.29, 1.82) is 0 Å². The van der Waals surface area contributed by atoms with Crippen molar-refractivity contribution in [2.75, 3.05) is 0 Å². The van der Waals surface area contributed by atoms with E-state index >= 15 is 0 Å². The number of Topliss-reactive ketones (excluding diaryl/α,β-unsaturated/α-hetero) is 1. The van der Waals surface area contributed by atoms with Gasteiger partial charge in [0.15, 0.2) is 5.78 Å². The third kappa shape index (κ3) is 4.96. The molecule has 0 aliphatic heterocycles. The number of carbonyl (C=O) groups excluding carboxylic acids is 1. The first kappa shape index (κ1) is 20.9. The van der Waals surface area contributed by atoms with Crippen LogP contribution in [0.15, 0.2) is 83.8 Å². The molecule has 3 aromatic carbocycles. The number of benzene rings is 3. The quantitative estimate of drug-likeness (QED) is 0.575. The highest BCUT2D eigenvalue weighted by Crippen LogP contribution is 2.27. The molecule has 0 amide bonds. The Morgan fingerprint density at radius 3 is 2.07 bits per heavy atom. The molecule has 2 atom stereocenters. The normalized spacial score (nSPS) is 13.6. The Hall–Kier alpha value is -2.83. The summed E-state index contributed by atoms with van der Waals surface area (Å²) in [6, 6.07) is 19.9. The minimum Gasteiger partial charge on any atom is -0.294 e. The molecule has 0 radical (unpaired) electrons. The van der Waals surface area contributed by atoms with Gasteiger partial charge in [0.05, 0.1) is 10.9 Å². The van der Waals surface area contributed by atoms with E-state index in [1.165, 1.54) is 36.4 Å². The van der Waals surface area contributed by atoms with Crippen molar-refractivity contribution in [1.82, 2.24) is 4.72 Å². The van der Waals surface area contributed by atoms with Crippen molar-refractivity contribution in [3.8, 4) is 0 Å². The molecule has 0 bridgehead atoms. The van der Waals surface area contributed by atoms with Crippen molar-refractivity contribution in [2.45, 2.75) is 24.8 Å². The van der Waals surface area contributed by atoms with Crippen LogP contribution in [0, 0.1) is 18.7 Å². The Morgan fingerprint density at radius 2 is 1.48 bits per heavy atom. The van der Waals surface area contributed by atoms with Crippen molar-refractivity contribution in [2.24, 2.45) is 5.92 Å². The molecule has 29 heavy (non-hydrogen) atoms. The molecule has 0 saturated carbocycles. The van der Waals surface area contributed by atoms with E-state index in [1.807, 2.05) is 13.0 Å². The molecular weight excluding hydrogens is 389 g/mol.